The van der Waals surface area contributed by atoms with E-state index >= 15 is 0 Å². The second-order valence-corrected chi connectivity index (χ2v) is 6.44. The van der Waals surface area contributed by atoms with Crippen LogP contribution in [0.2, 0.25) is 0 Å². The van der Waals surface area contributed by atoms with E-state index in [1.165, 1.54) is 12.1 Å². The van der Waals surface area contributed by atoms with Crippen LogP contribution in [0.5, 0.6) is 0 Å². The minimum atomic E-state index is -3.84. The lowest BCUT2D eigenvalue weighted by atomic mass is 10.2. The lowest BCUT2D eigenvalue weighted by molar-refractivity contribution is 0.161. The Hall–Kier alpha value is -1.02. The Balaban J connectivity index is 2.82. The fourth-order valence-electron chi connectivity index (χ4n) is 1.75. The van der Waals surface area contributed by atoms with E-state index in [9.17, 15) is 12.8 Å². The van der Waals surface area contributed by atoms with Gasteiger partial charge in [-0.3, -0.25) is 0 Å². The molecule has 0 amide bonds. The van der Waals surface area contributed by atoms with Gasteiger partial charge in [0.1, 0.15) is 10.7 Å². The fraction of sp³-hybridized carbons (Fsp3) is 0.538. The average molecular weight is 304 g/mol. The fourth-order valence-corrected chi connectivity index (χ4v) is 2.97. The maximum absolute atomic E-state index is 13.9. The Labute approximate surface area is 119 Å². The van der Waals surface area contributed by atoms with Crippen LogP contribution in [0, 0.1) is 11.7 Å². The van der Waals surface area contributed by atoms with Crippen molar-refractivity contribution >= 4 is 10.0 Å². The lowest BCUT2D eigenvalue weighted by Crippen LogP contribution is -2.30. The molecule has 0 aliphatic carbocycles. The van der Waals surface area contributed by atoms with Crippen molar-refractivity contribution in [3.8, 4) is 0 Å². The summed E-state index contributed by atoms with van der Waals surface area (Å²) in [4.78, 5) is -0.332. The molecule has 2 N–H and O–H groups in total. The molecule has 7 heteroatoms. The van der Waals surface area contributed by atoms with Crippen molar-refractivity contribution < 1.29 is 17.5 Å². The van der Waals surface area contributed by atoms with Gasteiger partial charge in [-0.15, -0.1) is 0 Å². The molecule has 1 atom stereocenters. The maximum Gasteiger partial charge on any atom is 0.243 e. The van der Waals surface area contributed by atoms with Gasteiger partial charge in [-0.2, -0.15) is 0 Å². The molecule has 5 nitrogen and oxygen atoms in total. The van der Waals surface area contributed by atoms with Crippen LogP contribution in [0.3, 0.4) is 0 Å². The molecule has 0 saturated carbocycles. The summed E-state index contributed by atoms with van der Waals surface area (Å²) in [5, 5.41) is 2.88. The quantitative estimate of drug-likeness (QED) is 0.755. The zero-order chi connectivity index (χ0) is 15.2. The second-order valence-electron chi connectivity index (χ2n) is 4.71. The summed E-state index contributed by atoms with van der Waals surface area (Å²) < 4.78 is 45.2. The van der Waals surface area contributed by atoms with Crippen molar-refractivity contribution in [2.24, 2.45) is 5.92 Å². The third-order valence-corrected chi connectivity index (χ3v) is 4.20. The topological polar surface area (TPSA) is 67.4 Å². The SMILES string of the molecule is CNCc1ccc(S(=O)(=O)NCC(C)COC)c(F)c1. The molecule has 0 aromatic heterocycles. The molecule has 0 radical (unpaired) electrons. The van der Waals surface area contributed by atoms with Crippen LogP contribution < -0.4 is 10.0 Å². The van der Waals surface area contributed by atoms with Crippen LogP contribution in [-0.4, -0.2) is 35.7 Å². The van der Waals surface area contributed by atoms with Crippen LogP contribution in [0.4, 0.5) is 4.39 Å². The first-order chi connectivity index (χ1) is 9.40. The first kappa shape index (κ1) is 17.0. The summed E-state index contributed by atoms with van der Waals surface area (Å²) in [6.45, 7) is 2.97. The highest BCUT2D eigenvalue weighted by Crippen LogP contribution is 2.16. The average Bonchev–Trinajstić information content (AvgIpc) is 2.37. The minimum Gasteiger partial charge on any atom is -0.384 e. The number of nitrogens with one attached hydrogen (secondary N) is 2. The maximum atomic E-state index is 13.9. The highest BCUT2D eigenvalue weighted by Gasteiger charge is 2.19. The zero-order valence-electron chi connectivity index (χ0n) is 11.9. The summed E-state index contributed by atoms with van der Waals surface area (Å²) in [6.07, 6.45) is 0. The summed E-state index contributed by atoms with van der Waals surface area (Å²) in [6, 6.07) is 4.10. The molecule has 1 aromatic carbocycles. The summed E-state index contributed by atoms with van der Waals surface area (Å²) >= 11 is 0. The van der Waals surface area contributed by atoms with E-state index < -0.39 is 15.8 Å². The van der Waals surface area contributed by atoms with E-state index in [-0.39, 0.29) is 17.4 Å². The van der Waals surface area contributed by atoms with Gasteiger partial charge in [-0.05, 0) is 30.7 Å². The first-order valence-electron chi connectivity index (χ1n) is 6.32. The highest BCUT2D eigenvalue weighted by atomic mass is 32.2. The van der Waals surface area contributed by atoms with E-state index in [4.69, 9.17) is 4.74 Å². The monoisotopic (exact) mass is 304 g/mol. The smallest absolute Gasteiger partial charge is 0.243 e. The van der Waals surface area contributed by atoms with Gasteiger partial charge in [-0.1, -0.05) is 13.0 Å². The highest BCUT2D eigenvalue weighted by molar-refractivity contribution is 7.89. The molecule has 0 aliphatic rings. The summed E-state index contributed by atoms with van der Waals surface area (Å²) in [7, 11) is -0.553. The van der Waals surface area contributed by atoms with Gasteiger partial charge < -0.3 is 10.1 Å². The van der Waals surface area contributed by atoms with Crippen LogP contribution >= 0.6 is 0 Å². The normalized spacial score (nSPS) is 13.4. The predicted molar refractivity (Wildman–Crippen MR) is 75.4 cm³/mol. The molecular weight excluding hydrogens is 283 g/mol. The van der Waals surface area contributed by atoms with Crippen molar-refractivity contribution in [1.29, 1.82) is 0 Å². The van der Waals surface area contributed by atoms with Crippen LogP contribution in [-0.2, 0) is 21.3 Å². The number of benzene rings is 1. The Morgan fingerprint density at radius 2 is 2.10 bits per heavy atom. The van der Waals surface area contributed by atoms with Crippen molar-refractivity contribution in [3.63, 3.8) is 0 Å². The zero-order valence-corrected chi connectivity index (χ0v) is 12.8. The van der Waals surface area contributed by atoms with Crippen molar-refractivity contribution in [1.82, 2.24) is 10.0 Å². The molecule has 0 bridgehead atoms. The number of rotatable bonds is 8. The number of methoxy groups -OCH3 is 1. The molecule has 0 aliphatic heterocycles. The number of halogens is 1. The van der Waals surface area contributed by atoms with Crippen LogP contribution in [0.15, 0.2) is 23.1 Å². The third kappa shape index (κ3) is 4.82. The van der Waals surface area contributed by atoms with Crippen LogP contribution in [0.25, 0.3) is 0 Å². The number of ether oxygens (including phenoxy) is 1. The Kier molecular flexibility index (Phi) is 6.54. The van der Waals surface area contributed by atoms with Gasteiger partial charge in [0.2, 0.25) is 10.0 Å². The van der Waals surface area contributed by atoms with Gasteiger partial charge in [0.25, 0.3) is 0 Å². The molecule has 1 unspecified atom stereocenters. The molecule has 0 fully saturated rings. The molecule has 0 spiro atoms. The Morgan fingerprint density at radius 3 is 2.65 bits per heavy atom. The van der Waals surface area contributed by atoms with Crippen LogP contribution in [0.1, 0.15) is 12.5 Å². The van der Waals surface area contributed by atoms with Crippen molar-refractivity contribution in [2.45, 2.75) is 18.4 Å². The third-order valence-electron chi connectivity index (χ3n) is 2.74. The van der Waals surface area contributed by atoms with Crippen molar-refractivity contribution in [2.75, 3.05) is 27.3 Å². The lowest BCUT2D eigenvalue weighted by Gasteiger charge is -2.13. The molecule has 20 heavy (non-hydrogen) atoms. The van der Waals surface area contributed by atoms with E-state index in [0.29, 0.717) is 18.7 Å². The van der Waals surface area contributed by atoms with Gasteiger partial charge in [0, 0.05) is 26.8 Å². The number of sulfonamides is 1. The van der Waals surface area contributed by atoms with Gasteiger partial charge in [0.15, 0.2) is 0 Å². The Bertz CT molecular complexity index is 534. The molecule has 1 rings (SSSR count). The first-order valence-corrected chi connectivity index (χ1v) is 7.80. The van der Waals surface area contributed by atoms with E-state index in [1.807, 2.05) is 6.92 Å². The van der Waals surface area contributed by atoms with Gasteiger partial charge in [0.05, 0.1) is 0 Å². The summed E-state index contributed by atoms with van der Waals surface area (Å²) in [5.74, 6) is -0.731. The van der Waals surface area contributed by atoms with Crippen molar-refractivity contribution in [3.05, 3.63) is 29.6 Å². The molecule has 1 aromatic rings. The predicted octanol–water partition coefficient (Wildman–Crippen LogP) is 1.11. The Morgan fingerprint density at radius 1 is 1.40 bits per heavy atom. The molecule has 0 saturated heterocycles. The van der Waals surface area contributed by atoms with Gasteiger partial charge >= 0.3 is 0 Å². The molecule has 0 heterocycles. The van der Waals surface area contributed by atoms with E-state index in [2.05, 4.69) is 10.0 Å². The summed E-state index contributed by atoms with van der Waals surface area (Å²) in [5.41, 5.74) is 0.691. The van der Waals surface area contributed by atoms with Gasteiger partial charge in [-0.25, -0.2) is 17.5 Å². The number of hydrogen-bond acceptors (Lipinski definition) is 4. The standard InChI is InChI=1S/C13H21FN2O3S/c1-10(9-19-3)7-16-20(17,18)13-5-4-11(8-15-2)6-12(13)14/h4-6,10,15-16H,7-9H2,1-3H3. The molecular formula is C13H21FN2O3S. The second kappa shape index (κ2) is 7.68. The number of hydrogen-bond donors (Lipinski definition) is 2. The van der Waals surface area contributed by atoms with E-state index in [1.54, 1.807) is 20.2 Å². The molecule has 114 valence electrons. The van der Waals surface area contributed by atoms with E-state index in [0.717, 1.165) is 0 Å². The largest absolute Gasteiger partial charge is 0.384 e. The minimum absolute atomic E-state index is 0.0152.